The summed E-state index contributed by atoms with van der Waals surface area (Å²) in [6.07, 6.45) is 3.92. The Morgan fingerprint density at radius 1 is 1.21 bits per heavy atom. The number of carbonyl (C=O) groups is 2. The number of H-pyrrole nitrogens is 1. The highest BCUT2D eigenvalue weighted by Gasteiger charge is 2.25. The molecular weight excluding hydrogens is 394 g/mol. The molecule has 28 heavy (non-hydrogen) atoms. The molecule has 0 fully saturated rings. The van der Waals surface area contributed by atoms with Crippen molar-refractivity contribution in [1.82, 2.24) is 15.2 Å². The molecule has 1 aliphatic rings. The third kappa shape index (κ3) is 3.95. The molecule has 1 aliphatic carbocycles. The number of fused-ring (bicyclic) bond motifs is 1. The number of thiophene rings is 1. The number of hydrogen-bond acceptors (Lipinski definition) is 6. The van der Waals surface area contributed by atoms with Crippen LogP contribution in [0.1, 0.15) is 33.6 Å². The Morgan fingerprint density at radius 2 is 2.00 bits per heavy atom. The van der Waals surface area contributed by atoms with Gasteiger partial charge < -0.3 is 11.1 Å². The zero-order valence-electron chi connectivity index (χ0n) is 15.0. The highest BCUT2D eigenvalue weighted by molar-refractivity contribution is 7.99. The van der Waals surface area contributed by atoms with Crippen LogP contribution in [0.25, 0.3) is 11.4 Å². The van der Waals surface area contributed by atoms with E-state index in [1.165, 1.54) is 23.1 Å². The van der Waals surface area contributed by atoms with Crippen molar-refractivity contribution in [3.8, 4) is 11.4 Å². The van der Waals surface area contributed by atoms with Crippen LogP contribution in [0.3, 0.4) is 0 Å². The summed E-state index contributed by atoms with van der Waals surface area (Å²) in [7, 11) is 0. The summed E-state index contributed by atoms with van der Waals surface area (Å²) < 4.78 is 0. The van der Waals surface area contributed by atoms with Gasteiger partial charge in [0, 0.05) is 10.4 Å². The van der Waals surface area contributed by atoms with E-state index in [9.17, 15) is 9.59 Å². The largest absolute Gasteiger partial charge is 0.365 e. The maximum Gasteiger partial charge on any atom is 0.251 e. The van der Waals surface area contributed by atoms with Gasteiger partial charge >= 0.3 is 0 Å². The number of aromatic amines is 1. The van der Waals surface area contributed by atoms with Crippen LogP contribution in [-0.4, -0.2) is 32.7 Å². The lowest BCUT2D eigenvalue weighted by molar-refractivity contribution is -0.113. The molecule has 0 saturated heterocycles. The molecule has 0 spiro atoms. The zero-order valence-corrected chi connectivity index (χ0v) is 16.7. The lowest BCUT2D eigenvalue weighted by atomic mass is 9.95. The summed E-state index contributed by atoms with van der Waals surface area (Å²) in [6, 6.07) is 9.66. The van der Waals surface area contributed by atoms with E-state index in [0.29, 0.717) is 21.5 Å². The van der Waals surface area contributed by atoms with Crippen LogP contribution in [0.2, 0.25) is 0 Å². The Morgan fingerprint density at radius 3 is 2.79 bits per heavy atom. The Bertz CT molecular complexity index is 1010. The molecule has 2 amide bonds. The third-order valence-corrected chi connectivity index (χ3v) is 6.57. The molecule has 144 valence electrons. The fourth-order valence-corrected chi connectivity index (χ4v) is 5.15. The van der Waals surface area contributed by atoms with Crippen molar-refractivity contribution in [3.63, 3.8) is 0 Å². The first-order valence-electron chi connectivity index (χ1n) is 8.96. The van der Waals surface area contributed by atoms with Gasteiger partial charge in [0.05, 0.1) is 11.3 Å². The Labute approximate surface area is 170 Å². The first-order valence-corrected chi connectivity index (χ1v) is 10.8. The summed E-state index contributed by atoms with van der Waals surface area (Å²) >= 11 is 2.70. The molecule has 1 aromatic carbocycles. The van der Waals surface area contributed by atoms with E-state index >= 15 is 0 Å². The fourth-order valence-electron chi connectivity index (χ4n) is 3.24. The number of amides is 2. The quantitative estimate of drug-likeness (QED) is 0.537. The SMILES string of the molecule is NC(=O)c1c(NC(=O)CSc2n[nH]c(-c3ccccc3)n2)sc2c1CCCC2. The fraction of sp³-hybridized carbons (Fsp3) is 0.263. The number of aryl methyl sites for hydroxylation is 1. The first kappa shape index (κ1) is 18.7. The zero-order chi connectivity index (χ0) is 19.5. The minimum Gasteiger partial charge on any atom is -0.365 e. The summed E-state index contributed by atoms with van der Waals surface area (Å²) in [5.74, 6) is 0.110. The highest BCUT2D eigenvalue weighted by Crippen LogP contribution is 2.38. The molecule has 0 aliphatic heterocycles. The Hall–Kier alpha value is -2.65. The van der Waals surface area contributed by atoms with Gasteiger partial charge in [-0.05, 0) is 31.2 Å². The predicted molar refractivity (Wildman–Crippen MR) is 111 cm³/mol. The molecule has 0 unspecified atom stereocenters. The number of nitrogens with one attached hydrogen (secondary N) is 2. The number of nitrogens with two attached hydrogens (primary N) is 1. The van der Waals surface area contributed by atoms with Crippen molar-refractivity contribution in [2.45, 2.75) is 30.8 Å². The average Bonchev–Trinajstić information content (AvgIpc) is 3.31. The summed E-state index contributed by atoms with van der Waals surface area (Å²) in [4.78, 5) is 29.9. The molecular formula is C19H19N5O2S2. The van der Waals surface area contributed by atoms with Gasteiger partial charge in [0.15, 0.2) is 5.82 Å². The first-order chi connectivity index (χ1) is 13.6. The number of benzene rings is 1. The minimum absolute atomic E-state index is 0.146. The Balaban J connectivity index is 1.41. The molecule has 0 bridgehead atoms. The van der Waals surface area contributed by atoms with E-state index in [4.69, 9.17) is 5.73 Å². The standard InChI is InChI=1S/C19H19N5O2S2/c20-16(26)15-12-8-4-5-9-13(12)28-18(15)21-14(25)10-27-19-22-17(23-24-19)11-6-2-1-3-7-11/h1-3,6-7H,4-5,8-10H2,(H2,20,26)(H,21,25)(H,22,23,24). The molecule has 4 rings (SSSR count). The molecule has 0 atom stereocenters. The molecule has 0 radical (unpaired) electrons. The van der Waals surface area contributed by atoms with Crippen molar-refractivity contribution in [1.29, 1.82) is 0 Å². The van der Waals surface area contributed by atoms with Crippen LogP contribution in [0.4, 0.5) is 5.00 Å². The lowest BCUT2D eigenvalue weighted by Gasteiger charge is -2.11. The van der Waals surface area contributed by atoms with Gasteiger partial charge in [-0.2, -0.15) is 0 Å². The van der Waals surface area contributed by atoms with E-state index in [-0.39, 0.29) is 11.7 Å². The second kappa shape index (κ2) is 8.15. The number of rotatable bonds is 6. The smallest absolute Gasteiger partial charge is 0.251 e. The second-order valence-electron chi connectivity index (χ2n) is 6.45. The van der Waals surface area contributed by atoms with Crippen LogP contribution in [0.5, 0.6) is 0 Å². The number of carbonyl (C=O) groups excluding carboxylic acids is 2. The number of thioether (sulfide) groups is 1. The molecule has 4 N–H and O–H groups in total. The maximum atomic E-state index is 12.4. The van der Waals surface area contributed by atoms with Crippen molar-refractivity contribution in [3.05, 3.63) is 46.3 Å². The number of primary amides is 1. The van der Waals surface area contributed by atoms with E-state index in [1.54, 1.807) is 0 Å². The van der Waals surface area contributed by atoms with Gasteiger partial charge in [0.25, 0.3) is 5.91 Å². The van der Waals surface area contributed by atoms with Crippen molar-refractivity contribution >= 4 is 39.9 Å². The molecule has 7 nitrogen and oxygen atoms in total. The van der Waals surface area contributed by atoms with Crippen LogP contribution in [0.15, 0.2) is 35.5 Å². The summed E-state index contributed by atoms with van der Waals surface area (Å²) in [5, 5.41) is 10.9. The van der Waals surface area contributed by atoms with Crippen LogP contribution in [-0.2, 0) is 17.6 Å². The third-order valence-electron chi connectivity index (χ3n) is 4.52. The van der Waals surface area contributed by atoms with Crippen molar-refractivity contribution < 1.29 is 9.59 Å². The topological polar surface area (TPSA) is 114 Å². The van der Waals surface area contributed by atoms with E-state index in [1.807, 2.05) is 30.3 Å². The van der Waals surface area contributed by atoms with E-state index in [2.05, 4.69) is 20.5 Å². The second-order valence-corrected chi connectivity index (χ2v) is 8.50. The van der Waals surface area contributed by atoms with Gasteiger partial charge in [-0.1, -0.05) is 42.1 Å². The summed E-state index contributed by atoms with van der Waals surface area (Å²) in [6.45, 7) is 0. The molecule has 0 saturated carbocycles. The Kier molecular flexibility index (Phi) is 5.45. The van der Waals surface area contributed by atoms with Crippen LogP contribution in [0, 0.1) is 0 Å². The summed E-state index contributed by atoms with van der Waals surface area (Å²) in [5.41, 5.74) is 7.98. The number of nitrogens with zero attached hydrogens (tertiary/aromatic N) is 2. The number of hydrogen-bond donors (Lipinski definition) is 3. The van der Waals surface area contributed by atoms with Crippen molar-refractivity contribution in [2.24, 2.45) is 5.73 Å². The van der Waals surface area contributed by atoms with E-state index < -0.39 is 5.91 Å². The average molecular weight is 414 g/mol. The molecule has 2 aromatic heterocycles. The maximum absolute atomic E-state index is 12.4. The number of aromatic nitrogens is 3. The number of anilines is 1. The predicted octanol–water partition coefficient (Wildman–Crippen LogP) is 3.24. The molecule has 9 heteroatoms. The van der Waals surface area contributed by atoms with Gasteiger partial charge in [-0.3, -0.25) is 14.7 Å². The van der Waals surface area contributed by atoms with Gasteiger partial charge in [-0.25, -0.2) is 4.98 Å². The monoisotopic (exact) mass is 413 g/mol. The lowest BCUT2D eigenvalue weighted by Crippen LogP contribution is -2.19. The highest BCUT2D eigenvalue weighted by atomic mass is 32.2. The normalized spacial score (nSPS) is 13.1. The van der Waals surface area contributed by atoms with Crippen molar-refractivity contribution in [2.75, 3.05) is 11.1 Å². The van der Waals surface area contributed by atoms with Gasteiger partial charge in [0.1, 0.15) is 5.00 Å². The minimum atomic E-state index is -0.483. The molecule has 2 heterocycles. The van der Waals surface area contributed by atoms with Crippen LogP contribution < -0.4 is 11.1 Å². The molecule has 3 aromatic rings. The van der Waals surface area contributed by atoms with Gasteiger partial charge in [0.2, 0.25) is 11.1 Å². The van der Waals surface area contributed by atoms with E-state index in [0.717, 1.165) is 41.7 Å². The van der Waals surface area contributed by atoms with Gasteiger partial charge in [-0.15, -0.1) is 16.4 Å². The van der Waals surface area contributed by atoms with Crippen LogP contribution >= 0.6 is 23.1 Å².